The molecule has 2 amide bonds. The second-order valence-corrected chi connectivity index (χ2v) is 9.05. The van der Waals surface area contributed by atoms with Crippen molar-refractivity contribution in [3.8, 4) is 0 Å². The normalized spacial score (nSPS) is 12.3. The highest BCUT2D eigenvalue weighted by Gasteiger charge is 2.17. The maximum absolute atomic E-state index is 12.3. The number of hydrogen-bond acceptors (Lipinski definition) is 4. The number of hydrogen-bond donors (Lipinski definition) is 3. The van der Waals surface area contributed by atoms with Gasteiger partial charge in [-0.2, -0.15) is 0 Å². The van der Waals surface area contributed by atoms with Crippen LogP contribution in [0.25, 0.3) is 0 Å². The van der Waals surface area contributed by atoms with Gasteiger partial charge in [0.25, 0.3) is 0 Å². The molecule has 0 saturated heterocycles. The average molecular weight is 432 g/mol. The van der Waals surface area contributed by atoms with Crippen LogP contribution in [0.15, 0.2) is 47.4 Å². The summed E-state index contributed by atoms with van der Waals surface area (Å²) in [5.41, 5.74) is 3.95. The van der Waals surface area contributed by atoms with E-state index in [1.165, 1.54) is 6.07 Å². The summed E-state index contributed by atoms with van der Waals surface area (Å²) in [5.74, 6) is -0.922. The summed E-state index contributed by atoms with van der Waals surface area (Å²) in [6.45, 7) is 6.99. The molecule has 0 saturated carbocycles. The lowest BCUT2D eigenvalue weighted by molar-refractivity contribution is -0.125. The molecular weight excluding hydrogens is 402 g/mol. The monoisotopic (exact) mass is 431 g/mol. The zero-order valence-electron chi connectivity index (χ0n) is 17.8. The Morgan fingerprint density at radius 2 is 1.57 bits per heavy atom. The van der Waals surface area contributed by atoms with E-state index < -0.39 is 22.5 Å². The molecular formula is C22H29N3O4S. The first-order valence-corrected chi connectivity index (χ1v) is 11.3. The van der Waals surface area contributed by atoms with Gasteiger partial charge < -0.3 is 10.6 Å². The third kappa shape index (κ3) is 6.67. The number of carbonyl (C=O) groups is 2. The van der Waals surface area contributed by atoms with Crippen LogP contribution in [0, 0.1) is 20.8 Å². The highest BCUT2D eigenvalue weighted by atomic mass is 32.2. The van der Waals surface area contributed by atoms with Crippen molar-refractivity contribution < 1.29 is 18.0 Å². The van der Waals surface area contributed by atoms with Gasteiger partial charge in [0.15, 0.2) is 0 Å². The summed E-state index contributed by atoms with van der Waals surface area (Å²) < 4.78 is 26.9. The van der Waals surface area contributed by atoms with Gasteiger partial charge in [0.2, 0.25) is 21.8 Å². The van der Waals surface area contributed by atoms with E-state index in [0.717, 1.165) is 22.3 Å². The van der Waals surface area contributed by atoms with Crippen molar-refractivity contribution in [3.05, 3.63) is 64.7 Å². The third-order valence-electron chi connectivity index (χ3n) is 4.88. The molecule has 0 radical (unpaired) electrons. The van der Waals surface area contributed by atoms with E-state index in [1.54, 1.807) is 12.1 Å². The standard InChI is InChI=1S/C22H29N3O4S/c1-5-20(18-9-6-15(2)7-10-18)25-22(27)13-23-21(26)14-24-30(28,29)19-11-8-16(3)17(4)12-19/h6-12,20,24H,5,13-14H2,1-4H3,(H,23,26)(H,25,27)/t20-/m0/s1. The number of sulfonamides is 1. The topological polar surface area (TPSA) is 104 Å². The Bertz CT molecular complexity index is 1000. The second kappa shape index (κ2) is 10.4. The Morgan fingerprint density at radius 3 is 2.17 bits per heavy atom. The van der Waals surface area contributed by atoms with E-state index in [1.807, 2.05) is 52.0 Å². The Kier molecular flexibility index (Phi) is 8.14. The zero-order chi connectivity index (χ0) is 22.3. The van der Waals surface area contributed by atoms with Crippen LogP contribution in [0.5, 0.6) is 0 Å². The Balaban J connectivity index is 1.83. The van der Waals surface area contributed by atoms with Gasteiger partial charge in [-0.1, -0.05) is 42.8 Å². The molecule has 0 unspecified atom stereocenters. The molecule has 1 atom stereocenters. The lowest BCUT2D eigenvalue weighted by Crippen LogP contribution is -2.42. The van der Waals surface area contributed by atoms with Crippen LogP contribution in [0.2, 0.25) is 0 Å². The summed E-state index contributed by atoms with van der Waals surface area (Å²) in [6.07, 6.45) is 0.707. The minimum atomic E-state index is -3.81. The summed E-state index contributed by atoms with van der Waals surface area (Å²) in [4.78, 5) is 24.3. The number of aryl methyl sites for hydroxylation is 3. The van der Waals surface area contributed by atoms with Crippen LogP contribution in [-0.2, 0) is 19.6 Å². The summed E-state index contributed by atoms with van der Waals surface area (Å²) in [7, 11) is -3.81. The minimum absolute atomic E-state index is 0.0972. The van der Waals surface area contributed by atoms with Crippen LogP contribution in [0.3, 0.4) is 0 Å². The van der Waals surface area contributed by atoms with Crippen molar-refractivity contribution in [3.63, 3.8) is 0 Å². The zero-order valence-corrected chi connectivity index (χ0v) is 18.6. The fourth-order valence-corrected chi connectivity index (χ4v) is 3.90. The highest BCUT2D eigenvalue weighted by Crippen LogP contribution is 2.17. The van der Waals surface area contributed by atoms with E-state index >= 15 is 0 Å². The first kappa shape index (κ1) is 23.6. The highest BCUT2D eigenvalue weighted by molar-refractivity contribution is 7.89. The summed E-state index contributed by atoms with van der Waals surface area (Å²) >= 11 is 0. The maximum Gasteiger partial charge on any atom is 0.241 e. The van der Waals surface area contributed by atoms with Crippen molar-refractivity contribution in [2.45, 2.75) is 45.1 Å². The van der Waals surface area contributed by atoms with Crippen molar-refractivity contribution in [1.29, 1.82) is 0 Å². The van der Waals surface area contributed by atoms with Crippen molar-refractivity contribution in [1.82, 2.24) is 15.4 Å². The fraction of sp³-hybridized carbons (Fsp3) is 0.364. The molecule has 0 aliphatic rings. The van der Waals surface area contributed by atoms with E-state index in [-0.39, 0.29) is 23.4 Å². The summed E-state index contributed by atoms with van der Waals surface area (Å²) in [5, 5.41) is 5.31. The first-order valence-electron chi connectivity index (χ1n) is 9.82. The molecule has 0 heterocycles. The van der Waals surface area contributed by atoms with E-state index in [2.05, 4.69) is 15.4 Å². The van der Waals surface area contributed by atoms with Gasteiger partial charge in [-0.15, -0.1) is 0 Å². The molecule has 8 heteroatoms. The minimum Gasteiger partial charge on any atom is -0.348 e. The van der Waals surface area contributed by atoms with Crippen LogP contribution in [0.4, 0.5) is 0 Å². The van der Waals surface area contributed by atoms with Crippen molar-refractivity contribution in [2.24, 2.45) is 0 Å². The molecule has 30 heavy (non-hydrogen) atoms. The van der Waals surface area contributed by atoms with Gasteiger partial charge >= 0.3 is 0 Å². The first-order chi connectivity index (χ1) is 14.1. The number of benzene rings is 2. The molecule has 2 rings (SSSR count). The van der Waals surface area contributed by atoms with E-state index in [9.17, 15) is 18.0 Å². The Labute approximate surface area is 178 Å². The molecule has 162 valence electrons. The average Bonchev–Trinajstić information content (AvgIpc) is 2.71. The molecule has 0 bridgehead atoms. The van der Waals surface area contributed by atoms with Crippen molar-refractivity contribution in [2.75, 3.05) is 13.1 Å². The number of carbonyl (C=O) groups excluding carboxylic acids is 2. The smallest absolute Gasteiger partial charge is 0.241 e. The maximum atomic E-state index is 12.3. The van der Waals surface area contributed by atoms with Gasteiger partial charge in [0.05, 0.1) is 24.0 Å². The molecule has 0 fully saturated rings. The quantitative estimate of drug-likeness (QED) is 0.566. The molecule has 2 aromatic rings. The SMILES string of the molecule is CC[C@H](NC(=O)CNC(=O)CNS(=O)(=O)c1ccc(C)c(C)c1)c1ccc(C)cc1. The number of amides is 2. The molecule has 0 aliphatic heterocycles. The Hall–Kier alpha value is -2.71. The molecule has 0 aromatic heterocycles. The second-order valence-electron chi connectivity index (χ2n) is 7.29. The van der Waals surface area contributed by atoms with Crippen LogP contribution < -0.4 is 15.4 Å². The molecule has 3 N–H and O–H groups in total. The van der Waals surface area contributed by atoms with Crippen LogP contribution in [0.1, 0.15) is 41.6 Å². The molecule has 2 aromatic carbocycles. The van der Waals surface area contributed by atoms with Crippen molar-refractivity contribution >= 4 is 21.8 Å². The number of rotatable bonds is 9. The van der Waals surface area contributed by atoms with Crippen LogP contribution in [-0.4, -0.2) is 33.3 Å². The van der Waals surface area contributed by atoms with Gasteiger partial charge in [-0.25, -0.2) is 13.1 Å². The lowest BCUT2D eigenvalue weighted by atomic mass is 10.0. The van der Waals surface area contributed by atoms with E-state index in [0.29, 0.717) is 6.42 Å². The molecule has 7 nitrogen and oxygen atoms in total. The van der Waals surface area contributed by atoms with Gasteiger partial charge in [-0.3, -0.25) is 9.59 Å². The molecule has 0 spiro atoms. The van der Waals surface area contributed by atoms with Gasteiger partial charge in [-0.05, 0) is 56.0 Å². The number of nitrogens with one attached hydrogen (secondary N) is 3. The van der Waals surface area contributed by atoms with E-state index in [4.69, 9.17) is 0 Å². The Morgan fingerprint density at radius 1 is 0.900 bits per heavy atom. The molecule has 0 aliphatic carbocycles. The summed E-state index contributed by atoms with van der Waals surface area (Å²) in [6, 6.07) is 12.5. The lowest BCUT2D eigenvalue weighted by Gasteiger charge is -2.18. The largest absolute Gasteiger partial charge is 0.348 e. The predicted octanol–water partition coefficient (Wildman–Crippen LogP) is 2.27. The third-order valence-corrected chi connectivity index (χ3v) is 6.28. The predicted molar refractivity (Wildman–Crippen MR) is 116 cm³/mol. The van der Waals surface area contributed by atoms with Gasteiger partial charge in [0.1, 0.15) is 0 Å². The van der Waals surface area contributed by atoms with Gasteiger partial charge in [0, 0.05) is 0 Å². The van der Waals surface area contributed by atoms with Crippen LogP contribution >= 0.6 is 0 Å². The fourth-order valence-electron chi connectivity index (χ4n) is 2.83.